The van der Waals surface area contributed by atoms with Crippen LogP contribution in [-0.4, -0.2) is 52.9 Å². The number of ether oxygens (including phenoxy) is 3. The maximum absolute atomic E-state index is 13.6. The highest BCUT2D eigenvalue weighted by molar-refractivity contribution is 5.97. The van der Waals surface area contributed by atoms with E-state index in [1.54, 1.807) is 37.3 Å². The monoisotopic (exact) mass is 436 g/mol. The summed E-state index contributed by atoms with van der Waals surface area (Å²) in [5.74, 6) is 2.23. The minimum Gasteiger partial charge on any atom is -0.497 e. The normalized spacial score (nSPS) is 18.1. The van der Waals surface area contributed by atoms with Crippen molar-refractivity contribution in [2.45, 2.75) is 39.0 Å². The third kappa shape index (κ3) is 4.60. The van der Waals surface area contributed by atoms with Crippen molar-refractivity contribution >= 4 is 5.91 Å². The Morgan fingerprint density at radius 3 is 2.69 bits per heavy atom. The van der Waals surface area contributed by atoms with Gasteiger partial charge in [-0.2, -0.15) is 5.10 Å². The quantitative estimate of drug-likeness (QED) is 0.609. The zero-order valence-corrected chi connectivity index (χ0v) is 18.8. The number of hydrogen-bond acceptors (Lipinski definition) is 6. The Bertz CT molecular complexity index is 1100. The molecule has 2 heterocycles. The van der Waals surface area contributed by atoms with Crippen LogP contribution in [0.3, 0.4) is 0 Å². The molecule has 8 nitrogen and oxygen atoms in total. The number of carbonyl (C=O) groups excluding carboxylic acids is 1. The van der Waals surface area contributed by atoms with Crippen molar-refractivity contribution in [2.75, 3.05) is 20.8 Å². The lowest BCUT2D eigenvalue weighted by Crippen LogP contribution is -2.33. The molecule has 0 bridgehead atoms. The highest BCUT2D eigenvalue weighted by Gasteiger charge is 2.40. The Balaban J connectivity index is 1.57. The molecule has 1 aliphatic heterocycles. The largest absolute Gasteiger partial charge is 0.497 e. The van der Waals surface area contributed by atoms with Crippen LogP contribution < -0.4 is 9.47 Å². The summed E-state index contributed by atoms with van der Waals surface area (Å²) in [6.45, 7) is 4.83. The summed E-state index contributed by atoms with van der Waals surface area (Å²) in [5.41, 5.74) is 2.76. The van der Waals surface area contributed by atoms with Crippen molar-refractivity contribution in [1.29, 1.82) is 0 Å². The topological polar surface area (TPSA) is 89.6 Å². The summed E-state index contributed by atoms with van der Waals surface area (Å²) >= 11 is 0. The molecule has 0 spiro atoms. The van der Waals surface area contributed by atoms with E-state index in [2.05, 4.69) is 34.2 Å². The number of aryl methyl sites for hydroxylation is 2. The lowest BCUT2D eigenvalue weighted by Gasteiger charge is -2.23. The van der Waals surface area contributed by atoms with Gasteiger partial charge in [0.1, 0.15) is 17.3 Å². The minimum absolute atomic E-state index is 0.132. The number of carbonyl (C=O) groups is 1. The fourth-order valence-electron chi connectivity index (χ4n) is 4.04. The highest BCUT2D eigenvalue weighted by atomic mass is 16.5. The fourth-order valence-corrected chi connectivity index (χ4v) is 4.04. The van der Waals surface area contributed by atoms with Gasteiger partial charge >= 0.3 is 0 Å². The number of nitrogens with zero attached hydrogens (tertiary/aromatic N) is 3. The van der Waals surface area contributed by atoms with Crippen LogP contribution in [0.1, 0.15) is 45.6 Å². The van der Waals surface area contributed by atoms with Gasteiger partial charge in [-0.3, -0.25) is 9.89 Å². The number of rotatable bonds is 7. The Morgan fingerprint density at radius 1 is 1.16 bits per heavy atom. The summed E-state index contributed by atoms with van der Waals surface area (Å²) in [5, 5.41) is 7.20. The number of aromatic amines is 1. The van der Waals surface area contributed by atoms with Gasteiger partial charge in [-0.1, -0.05) is 29.8 Å². The van der Waals surface area contributed by atoms with Crippen LogP contribution >= 0.6 is 0 Å². The van der Waals surface area contributed by atoms with E-state index < -0.39 is 0 Å². The molecule has 0 radical (unpaired) electrons. The van der Waals surface area contributed by atoms with E-state index in [1.807, 2.05) is 19.1 Å². The predicted octanol–water partition coefficient (Wildman–Crippen LogP) is 3.61. The lowest BCUT2D eigenvalue weighted by molar-refractivity contribution is 0.0436. The van der Waals surface area contributed by atoms with Crippen LogP contribution in [-0.2, 0) is 11.3 Å². The number of amides is 1. The van der Waals surface area contributed by atoms with Crippen molar-refractivity contribution in [2.24, 2.45) is 0 Å². The molecule has 2 atom stereocenters. The molecule has 1 aliphatic rings. The smallest absolute Gasteiger partial charge is 0.258 e. The molecule has 32 heavy (non-hydrogen) atoms. The van der Waals surface area contributed by atoms with E-state index in [-0.39, 0.29) is 18.1 Å². The van der Waals surface area contributed by atoms with E-state index >= 15 is 0 Å². The summed E-state index contributed by atoms with van der Waals surface area (Å²) in [6, 6.07) is 13.1. The molecule has 4 rings (SSSR count). The van der Waals surface area contributed by atoms with Crippen LogP contribution in [0.2, 0.25) is 0 Å². The molecule has 1 saturated heterocycles. The number of benzene rings is 2. The Kier molecular flexibility index (Phi) is 6.41. The second kappa shape index (κ2) is 9.40. The second-order valence-electron chi connectivity index (χ2n) is 7.98. The van der Waals surface area contributed by atoms with Gasteiger partial charge in [0.05, 0.1) is 38.5 Å². The van der Waals surface area contributed by atoms with Gasteiger partial charge < -0.3 is 19.1 Å². The Hall–Kier alpha value is -3.39. The molecular weight excluding hydrogens is 408 g/mol. The summed E-state index contributed by atoms with van der Waals surface area (Å²) in [7, 11) is 3.12. The van der Waals surface area contributed by atoms with Crippen LogP contribution in [0, 0.1) is 13.8 Å². The van der Waals surface area contributed by atoms with E-state index in [9.17, 15) is 4.79 Å². The molecular formula is C24H28N4O4. The van der Waals surface area contributed by atoms with Crippen LogP contribution in [0.4, 0.5) is 0 Å². The SMILES string of the molecule is COc1ccc(C(=O)N2CC(OCc3cccc(C)c3)CC2c2n[nH]c(C)n2)c(OC)c1. The van der Waals surface area contributed by atoms with Crippen LogP contribution in [0.25, 0.3) is 0 Å². The number of likely N-dealkylation sites (tertiary alicyclic amines) is 1. The molecule has 2 unspecified atom stereocenters. The van der Waals surface area contributed by atoms with E-state index in [1.165, 1.54) is 5.56 Å². The van der Waals surface area contributed by atoms with Crippen molar-refractivity contribution in [3.05, 3.63) is 70.8 Å². The number of H-pyrrole nitrogens is 1. The van der Waals surface area contributed by atoms with Crippen molar-refractivity contribution in [3.63, 3.8) is 0 Å². The van der Waals surface area contributed by atoms with Gasteiger partial charge in [-0.15, -0.1) is 0 Å². The third-order valence-corrected chi connectivity index (χ3v) is 5.64. The number of nitrogens with one attached hydrogen (secondary N) is 1. The first-order valence-corrected chi connectivity index (χ1v) is 10.6. The van der Waals surface area contributed by atoms with E-state index in [0.717, 1.165) is 5.56 Å². The Morgan fingerprint density at radius 2 is 2.00 bits per heavy atom. The van der Waals surface area contributed by atoms with Gasteiger partial charge in [0, 0.05) is 19.0 Å². The molecule has 1 aromatic heterocycles. The molecule has 0 saturated carbocycles. The predicted molar refractivity (Wildman–Crippen MR) is 119 cm³/mol. The van der Waals surface area contributed by atoms with E-state index in [4.69, 9.17) is 14.2 Å². The minimum atomic E-state index is -0.290. The van der Waals surface area contributed by atoms with Gasteiger partial charge in [0.2, 0.25) is 0 Å². The standard InChI is InChI=1S/C24H28N4O4/c1-15-6-5-7-17(10-15)14-32-19-11-21(23-25-16(2)26-27-23)28(13-19)24(29)20-9-8-18(30-3)12-22(20)31-4/h5-10,12,19,21H,11,13-14H2,1-4H3,(H,25,26,27). The molecule has 1 fully saturated rings. The lowest BCUT2D eigenvalue weighted by atomic mass is 10.1. The molecule has 3 aromatic rings. The van der Waals surface area contributed by atoms with E-state index in [0.29, 0.717) is 48.3 Å². The van der Waals surface area contributed by atoms with Crippen molar-refractivity contribution in [3.8, 4) is 11.5 Å². The second-order valence-corrected chi connectivity index (χ2v) is 7.98. The molecule has 8 heteroatoms. The number of aromatic nitrogens is 3. The average Bonchev–Trinajstić information content (AvgIpc) is 3.43. The van der Waals surface area contributed by atoms with Gasteiger partial charge in [-0.25, -0.2) is 4.98 Å². The first-order valence-electron chi connectivity index (χ1n) is 10.6. The highest BCUT2D eigenvalue weighted by Crippen LogP contribution is 2.35. The zero-order chi connectivity index (χ0) is 22.7. The molecule has 168 valence electrons. The summed E-state index contributed by atoms with van der Waals surface area (Å²) in [6.07, 6.45) is 0.486. The first-order chi connectivity index (χ1) is 15.5. The molecule has 1 N–H and O–H groups in total. The van der Waals surface area contributed by atoms with Crippen molar-refractivity contribution < 1.29 is 19.0 Å². The summed E-state index contributed by atoms with van der Waals surface area (Å²) < 4.78 is 16.9. The fraction of sp³-hybridized carbons (Fsp3) is 0.375. The van der Waals surface area contributed by atoms with Crippen molar-refractivity contribution in [1.82, 2.24) is 20.1 Å². The van der Waals surface area contributed by atoms with Gasteiger partial charge in [-0.05, 0) is 31.5 Å². The summed E-state index contributed by atoms with van der Waals surface area (Å²) in [4.78, 5) is 19.8. The Labute approximate surface area is 187 Å². The zero-order valence-electron chi connectivity index (χ0n) is 18.8. The van der Waals surface area contributed by atoms with Gasteiger partial charge in [0.15, 0.2) is 5.82 Å². The van der Waals surface area contributed by atoms with Gasteiger partial charge in [0.25, 0.3) is 5.91 Å². The maximum atomic E-state index is 13.6. The number of hydrogen-bond donors (Lipinski definition) is 1. The average molecular weight is 437 g/mol. The first kappa shape index (κ1) is 21.8. The third-order valence-electron chi connectivity index (χ3n) is 5.64. The van der Waals surface area contributed by atoms with Crippen LogP contribution in [0.15, 0.2) is 42.5 Å². The molecule has 0 aliphatic carbocycles. The maximum Gasteiger partial charge on any atom is 0.258 e. The van der Waals surface area contributed by atoms with Crippen LogP contribution in [0.5, 0.6) is 11.5 Å². The molecule has 2 aromatic carbocycles. The number of methoxy groups -OCH3 is 2. The molecule has 1 amide bonds.